The standard InChI is InChI=1S/C17H19N7O3S/c1-10(13(25)12-14(18)22(2)17(27)23(3)15(12)26)28-16-19-20-21-24(16)9-11-7-5-4-6-8-11/h4-8,10H,9,18H2,1-3H3. The van der Waals surface area contributed by atoms with Crippen LogP contribution in [0, 0.1) is 0 Å². The molecule has 146 valence electrons. The number of nitrogens with two attached hydrogens (primary N) is 1. The predicted molar refractivity (Wildman–Crippen MR) is 104 cm³/mol. The van der Waals surface area contributed by atoms with Gasteiger partial charge in [0.15, 0.2) is 5.78 Å². The molecule has 0 saturated heterocycles. The van der Waals surface area contributed by atoms with E-state index >= 15 is 0 Å². The molecule has 28 heavy (non-hydrogen) atoms. The summed E-state index contributed by atoms with van der Waals surface area (Å²) in [6.45, 7) is 2.08. The van der Waals surface area contributed by atoms with Crippen LogP contribution in [0.2, 0.25) is 0 Å². The lowest BCUT2D eigenvalue weighted by molar-refractivity contribution is 0.0992. The van der Waals surface area contributed by atoms with Gasteiger partial charge in [0, 0.05) is 14.1 Å². The highest BCUT2D eigenvalue weighted by Gasteiger charge is 2.26. The number of Topliss-reactive ketones (excluding diaryl/α,β-unsaturated/α-hetero) is 1. The van der Waals surface area contributed by atoms with Crippen molar-refractivity contribution >= 4 is 23.4 Å². The largest absolute Gasteiger partial charge is 0.384 e. The predicted octanol–water partition coefficient (Wildman–Crippen LogP) is 0.0645. The van der Waals surface area contributed by atoms with E-state index in [9.17, 15) is 14.4 Å². The Labute approximate surface area is 164 Å². The van der Waals surface area contributed by atoms with Crippen molar-refractivity contribution in [3.63, 3.8) is 0 Å². The lowest BCUT2D eigenvalue weighted by Crippen LogP contribution is -2.42. The van der Waals surface area contributed by atoms with Crippen LogP contribution in [0.4, 0.5) is 5.82 Å². The highest BCUT2D eigenvalue weighted by molar-refractivity contribution is 8.00. The summed E-state index contributed by atoms with van der Waals surface area (Å²) in [6, 6.07) is 9.63. The number of ketones is 1. The minimum Gasteiger partial charge on any atom is -0.384 e. The Bertz CT molecular complexity index is 1130. The number of nitrogens with zero attached hydrogens (tertiary/aromatic N) is 6. The van der Waals surface area contributed by atoms with Gasteiger partial charge in [-0.3, -0.25) is 18.7 Å². The van der Waals surface area contributed by atoms with Crippen molar-refractivity contribution < 1.29 is 4.79 Å². The Morgan fingerprint density at radius 2 is 1.86 bits per heavy atom. The molecule has 0 aliphatic rings. The molecule has 3 aromatic rings. The van der Waals surface area contributed by atoms with Gasteiger partial charge >= 0.3 is 5.69 Å². The van der Waals surface area contributed by atoms with Crippen LogP contribution in [0.5, 0.6) is 0 Å². The number of nitrogen functional groups attached to an aromatic ring is 1. The van der Waals surface area contributed by atoms with Crippen molar-refractivity contribution in [3.8, 4) is 0 Å². The van der Waals surface area contributed by atoms with Crippen molar-refractivity contribution in [3.05, 3.63) is 62.3 Å². The molecule has 1 unspecified atom stereocenters. The highest BCUT2D eigenvalue weighted by Crippen LogP contribution is 2.24. The van der Waals surface area contributed by atoms with Crippen LogP contribution in [0.15, 0.2) is 45.1 Å². The average Bonchev–Trinajstić information content (AvgIpc) is 3.12. The second-order valence-electron chi connectivity index (χ2n) is 6.20. The molecule has 1 atom stereocenters. The Kier molecular flexibility index (Phi) is 5.45. The maximum Gasteiger partial charge on any atom is 0.332 e. The number of aromatic nitrogens is 6. The molecule has 10 nitrogen and oxygen atoms in total. The van der Waals surface area contributed by atoms with E-state index in [1.165, 1.54) is 14.1 Å². The molecule has 0 saturated carbocycles. The molecule has 2 aromatic heterocycles. The normalized spacial score (nSPS) is 12.1. The molecule has 11 heteroatoms. The summed E-state index contributed by atoms with van der Waals surface area (Å²) in [5, 5.41) is 11.3. The van der Waals surface area contributed by atoms with E-state index in [2.05, 4.69) is 15.5 Å². The number of hydrogen-bond acceptors (Lipinski definition) is 8. The summed E-state index contributed by atoms with van der Waals surface area (Å²) in [4.78, 5) is 37.2. The third-order valence-electron chi connectivity index (χ3n) is 4.28. The molecule has 0 bridgehead atoms. The summed E-state index contributed by atoms with van der Waals surface area (Å²) in [5.41, 5.74) is 5.35. The molecule has 0 spiro atoms. The van der Waals surface area contributed by atoms with Gasteiger partial charge in [-0.15, -0.1) is 5.10 Å². The lowest BCUT2D eigenvalue weighted by Gasteiger charge is -2.14. The van der Waals surface area contributed by atoms with E-state index < -0.39 is 22.3 Å². The zero-order valence-corrected chi connectivity index (χ0v) is 16.4. The fourth-order valence-corrected chi connectivity index (χ4v) is 3.49. The van der Waals surface area contributed by atoms with Gasteiger partial charge in [0.2, 0.25) is 5.16 Å². The van der Waals surface area contributed by atoms with Gasteiger partial charge in [-0.1, -0.05) is 42.1 Å². The number of carbonyl (C=O) groups is 1. The first-order valence-electron chi connectivity index (χ1n) is 8.37. The molecule has 1 aromatic carbocycles. The van der Waals surface area contributed by atoms with Crippen LogP contribution in [-0.2, 0) is 20.6 Å². The first-order chi connectivity index (χ1) is 13.3. The van der Waals surface area contributed by atoms with Crippen molar-refractivity contribution in [2.24, 2.45) is 14.1 Å². The second kappa shape index (κ2) is 7.80. The van der Waals surface area contributed by atoms with Gasteiger partial charge in [0.1, 0.15) is 11.4 Å². The minimum atomic E-state index is -0.720. The number of hydrogen-bond donors (Lipinski definition) is 1. The maximum absolute atomic E-state index is 12.9. The molecule has 3 rings (SSSR count). The van der Waals surface area contributed by atoms with Crippen molar-refractivity contribution in [2.45, 2.75) is 23.9 Å². The Balaban J connectivity index is 1.87. The fourth-order valence-electron chi connectivity index (χ4n) is 2.64. The van der Waals surface area contributed by atoms with Crippen LogP contribution in [0.25, 0.3) is 0 Å². The van der Waals surface area contributed by atoms with Crippen molar-refractivity contribution in [2.75, 3.05) is 5.73 Å². The van der Waals surface area contributed by atoms with E-state index in [1.807, 2.05) is 30.3 Å². The fraction of sp³-hybridized carbons (Fsp3) is 0.294. The summed E-state index contributed by atoms with van der Waals surface area (Å²) in [5.74, 6) is -0.651. The van der Waals surface area contributed by atoms with Crippen molar-refractivity contribution in [1.82, 2.24) is 29.3 Å². The number of thioether (sulfide) groups is 1. The average molecular weight is 401 g/mol. The van der Waals surface area contributed by atoms with Crippen LogP contribution < -0.4 is 17.0 Å². The van der Waals surface area contributed by atoms with E-state index in [0.717, 1.165) is 26.5 Å². The number of carbonyl (C=O) groups excluding carboxylic acids is 1. The third kappa shape index (κ3) is 3.60. The van der Waals surface area contributed by atoms with Gasteiger partial charge in [-0.05, 0) is 22.9 Å². The quantitative estimate of drug-likeness (QED) is 0.453. The minimum absolute atomic E-state index is 0.158. The van der Waals surface area contributed by atoms with Gasteiger partial charge < -0.3 is 5.73 Å². The molecule has 0 radical (unpaired) electrons. The van der Waals surface area contributed by atoms with Crippen LogP contribution in [0.1, 0.15) is 22.8 Å². The van der Waals surface area contributed by atoms with Gasteiger partial charge in [0.25, 0.3) is 5.56 Å². The summed E-state index contributed by atoms with van der Waals surface area (Å²) in [7, 11) is 2.71. The maximum atomic E-state index is 12.9. The highest BCUT2D eigenvalue weighted by atomic mass is 32.2. The number of benzene rings is 1. The smallest absolute Gasteiger partial charge is 0.332 e. The SMILES string of the molecule is CC(Sc1nnnn1Cc1ccccc1)C(=O)c1c(N)n(C)c(=O)n(C)c1=O. The second-order valence-corrected chi connectivity index (χ2v) is 7.50. The number of anilines is 1. The topological polar surface area (TPSA) is 131 Å². The Morgan fingerprint density at radius 1 is 1.18 bits per heavy atom. The van der Waals surface area contributed by atoms with E-state index in [4.69, 9.17) is 5.73 Å². The Morgan fingerprint density at radius 3 is 2.54 bits per heavy atom. The van der Waals surface area contributed by atoms with E-state index in [0.29, 0.717) is 11.7 Å². The molecule has 0 aliphatic heterocycles. The van der Waals surface area contributed by atoms with Crippen molar-refractivity contribution in [1.29, 1.82) is 0 Å². The zero-order valence-electron chi connectivity index (χ0n) is 15.6. The molecule has 2 N–H and O–H groups in total. The summed E-state index contributed by atoms with van der Waals surface area (Å²) < 4.78 is 3.51. The van der Waals surface area contributed by atoms with E-state index in [1.54, 1.807) is 11.6 Å². The van der Waals surface area contributed by atoms with Crippen LogP contribution in [0.3, 0.4) is 0 Å². The van der Waals surface area contributed by atoms with Crippen LogP contribution >= 0.6 is 11.8 Å². The lowest BCUT2D eigenvalue weighted by atomic mass is 10.1. The number of tetrazole rings is 1. The third-order valence-corrected chi connectivity index (χ3v) is 5.35. The molecular formula is C17H19N7O3S. The summed E-state index contributed by atoms with van der Waals surface area (Å²) >= 11 is 1.12. The van der Waals surface area contributed by atoms with Gasteiger partial charge in [-0.25, -0.2) is 9.48 Å². The molecule has 0 fully saturated rings. The zero-order chi connectivity index (χ0) is 20.4. The molecular weight excluding hydrogens is 382 g/mol. The molecule has 0 amide bonds. The summed E-state index contributed by atoms with van der Waals surface area (Å²) in [6.07, 6.45) is 0. The Hall–Kier alpha value is -3.21. The van der Waals surface area contributed by atoms with Gasteiger partial charge in [0.05, 0.1) is 11.8 Å². The first kappa shape index (κ1) is 19.5. The van der Waals surface area contributed by atoms with Crippen LogP contribution in [-0.4, -0.2) is 40.4 Å². The first-order valence-corrected chi connectivity index (χ1v) is 9.25. The molecule has 0 aliphatic carbocycles. The van der Waals surface area contributed by atoms with Gasteiger partial charge in [-0.2, -0.15) is 0 Å². The monoisotopic (exact) mass is 401 g/mol. The molecule has 2 heterocycles. The number of rotatable bonds is 6. The van der Waals surface area contributed by atoms with E-state index in [-0.39, 0.29) is 11.4 Å².